The Bertz CT molecular complexity index is 3890. The quantitative estimate of drug-likeness (QED) is 0.0286. The number of nitrogens with zero attached hydrogens (tertiary/aromatic N) is 5. The van der Waals surface area contributed by atoms with Crippen molar-refractivity contribution in [1.29, 1.82) is 0 Å². The molecule has 11 atom stereocenters. The molecule has 2 saturated carbocycles. The zero-order valence-electron chi connectivity index (χ0n) is 56.8. The second-order valence-electron chi connectivity index (χ2n) is 29.0. The number of aliphatic hydroxyl groups is 3. The van der Waals surface area contributed by atoms with E-state index in [-0.39, 0.29) is 108 Å². The van der Waals surface area contributed by atoms with Gasteiger partial charge in [0.1, 0.15) is 53.2 Å². The summed E-state index contributed by atoms with van der Waals surface area (Å²) < 4.78 is 38.4. The topological polar surface area (TPSA) is 345 Å². The van der Waals surface area contributed by atoms with Crippen LogP contribution in [0.5, 0.6) is 17.5 Å². The van der Waals surface area contributed by atoms with Gasteiger partial charge in [-0.25, -0.2) is 19.0 Å². The first-order chi connectivity index (χ1) is 46.3. The number of aromatic nitrogens is 3. The van der Waals surface area contributed by atoms with Gasteiger partial charge in [-0.05, 0) is 137 Å². The highest BCUT2D eigenvalue weighted by molar-refractivity contribution is 5.94. The van der Waals surface area contributed by atoms with Gasteiger partial charge in [-0.15, -0.1) is 5.10 Å². The molecule has 6 aliphatic rings. The third-order valence-electron chi connectivity index (χ3n) is 21.1. The summed E-state index contributed by atoms with van der Waals surface area (Å²) >= 11 is 0. The maximum absolute atomic E-state index is 15.6. The number of fused-ring (bicyclic) bond motifs is 5. The molecule has 2 amide bonds. The molecule has 0 radical (unpaired) electrons. The number of amides is 2. The van der Waals surface area contributed by atoms with Gasteiger partial charge in [0.25, 0.3) is 0 Å². The molecule has 4 aromatic carbocycles. The van der Waals surface area contributed by atoms with E-state index in [1.54, 1.807) is 80.3 Å². The zero-order valence-corrected chi connectivity index (χ0v) is 56.8. The van der Waals surface area contributed by atoms with E-state index in [2.05, 4.69) is 20.4 Å². The van der Waals surface area contributed by atoms with E-state index in [0.717, 1.165) is 12.5 Å². The molecule has 0 spiro atoms. The van der Waals surface area contributed by atoms with Gasteiger partial charge < -0.3 is 69.3 Å². The van der Waals surface area contributed by atoms with Gasteiger partial charge in [0.15, 0.2) is 17.2 Å². The molecule has 3 aliphatic heterocycles. The van der Waals surface area contributed by atoms with Crippen LogP contribution in [0.2, 0.25) is 0 Å². The molecule has 524 valence electrons. The summed E-state index contributed by atoms with van der Waals surface area (Å²) in [6.45, 7) is 17.7. The van der Waals surface area contributed by atoms with Crippen molar-refractivity contribution in [3.63, 3.8) is 0 Å². The van der Waals surface area contributed by atoms with Gasteiger partial charge in [-0.1, -0.05) is 93.5 Å². The van der Waals surface area contributed by atoms with E-state index in [1.165, 1.54) is 50.5 Å². The molecule has 1 aromatic heterocycles. The molecular formula is C73H88N6O19. The number of aromatic hydroxyl groups is 3. The number of hydrogen-bond acceptors (Lipinski definition) is 22. The number of nitrogens with one attached hydrogen (secondary N) is 1. The lowest BCUT2D eigenvalue weighted by Gasteiger charge is -2.67. The summed E-state index contributed by atoms with van der Waals surface area (Å²) in [6, 6.07) is 24.4. The zero-order chi connectivity index (χ0) is 70.7. The van der Waals surface area contributed by atoms with Crippen LogP contribution in [0.4, 0.5) is 4.79 Å². The van der Waals surface area contributed by atoms with Crippen molar-refractivity contribution >= 4 is 41.7 Å². The SMILES string of the molecule is CC(=O)O[C@@]12CO[C@@H]1C[C@H](O)[C@@]1(C)C(=O)[C@H](O)C3=C(C)[C@@H](OC(=O)[C@H](OC(=O)C4CCN(C(=O)C5CCN(Cc6ccc(-n7c(O)nnc7-c7cc(C(C)C)c(O)cc7O)cc6)CC5)CC4)[C@@H](NC(=O)OC(C)(C)C)c4ccccc4)CC(O)([C@@H](OC(=O)c4ccccc4)C12)C3(C)C. The molecule has 3 saturated heterocycles. The molecule has 5 aromatic rings. The monoisotopic (exact) mass is 1350 g/mol. The molecule has 98 heavy (non-hydrogen) atoms. The predicted octanol–water partition coefficient (Wildman–Crippen LogP) is 7.45. The largest absolute Gasteiger partial charge is 0.508 e. The first-order valence-corrected chi connectivity index (χ1v) is 33.5. The molecule has 2 bridgehead atoms. The van der Waals surface area contributed by atoms with E-state index in [0.29, 0.717) is 43.7 Å². The number of esters is 4. The maximum Gasteiger partial charge on any atom is 0.408 e. The minimum Gasteiger partial charge on any atom is -0.508 e. The van der Waals surface area contributed by atoms with Crippen molar-refractivity contribution in [3.05, 3.63) is 130 Å². The number of piperidine rings is 2. The van der Waals surface area contributed by atoms with Crippen LogP contribution in [-0.2, 0) is 58.9 Å². The fourth-order valence-corrected chi connectivity index (χ4v) is 15.7. The standard InChI is InChI=1S/C73H88N6O19/c1-39(2)48-33-49(51(82)34-50(48)81)62-75-76-67(90)79(62)47-23-21-42(22-24-47)37-77-29-25-44(26-30-77)63(86)78-31-27-46(28-32-78)64(87)95-58(56(43-17-13-11-14-18-43)74-68(91)98-69(5,6)7)66(89)94-52-36-73(92)61(96-65(88)45-19-15-12-16-20-45)59-71(10,60(85)57(84)55(40(52)3)70(73,8)9)53(83)35-54-72(59,38-93-54)97-41(4)80/h11-24,33-34,39,44,46,52-54,56-59,61,81-84,92H,25-32,35-38H2,1-10H3,(H,74,91)(H,76,90)/t52-,53-,54+,56-,57+,58+,59?,61-,71+,72-,73?/m0/s1. The lowest BCUT2D eigenvalue weighted by atomic mass is 9.44. The average molecular weight is 1350 g/mol. The third-order valence-corrected chi connectivity index (χ3v) is 21.1. The first kappa shape index (κ1) is 70.6. The number of carbonyl (C=O) groups is 7. The predicted molar refractivity (Wildman–Crippen MR) is 351 cm³/mol. The first-order valence-electron chi connectivity index (χ1n) is 33.5. The van der Waals surface area contributed by atoms with Crippen molar-refractivity contribution in [3.8, 4) is 34.6 Å². The number of aliphatic hydroxyl groups excluding tert-OH is 2. The minimum absolute atomic E-state index is 0.0386. The molecule has 5 fully saturated rings. The molecule has 25 heteroatoms. The van der Waals surface area contributed by atoms with Crippen molar-refractivity contribution in [1.82, 2.24) is 29.9 Å². The number of benzene rings is 4. The molecule has 3 aliphatic carbocycles. The number of hydrogen-bond donors (Lipinski definition) is 7. The van der Waals surface area contributed by atoms with Gasteiger partial charge in [-0.3, -0.25) is 24.1 Å². The molecule has 2 unspecified atom stereocenters. The van der Waals surface area contributed by atoms with Crippen LogP contribution in [0.25, 0.3) is 17.1 Å². The number of likely N-dealkylation sites (tertiary alicyclic amines) is 2. The molecule has 4 heterocycles. The van der Waals surface area contributed by atoms with E-state index >= 15 is 9.59 Å². The van der Waals surface area contributed by atoms with Gasteiger partial charge in [-0.2, -0.15) is 0 Å². The number of alkyl carbamates (subject to hydrolysis) is 1. The second kappa shape index (κ2) is 27.2. The van der Waals surface area contributed by atoms with Crippen LogP contribution >= 0.6 is 0 Å². The molecular weight excluding hydrogens is 1260 g/mol. The van der Waals surface area contributed by atoms with E-state index in [1.807, 2.05) is 38.1 Å². The van der Waals surface area contributed by atoms with Crippen molar-refractivity contribution in [2.75, 3.05) is 32.8 Å². The number of ketones is 1. The minimum atomic E-state index is -2.48. The summed E-state index contributed by atoms with van der Waals surface area (Å²) in [6.07, 6.45) is -10.7. The van der Waals surface area contributed by atoms with Crippen LogP contribution in [0.15, 0.2) is 108 Å². The van der Waals surface area contributed by atoms with Gasteiger partial charge >= 0.3 is 36.0 Å². The Morgan fingerprint density at radius 2 is 1.44 bits per heavy atom. The van der Waals surface area contributed by atoms with Crippen molar-refractivity contribution in [2.24, 2.45) is 28.6 Å². The van der Waals surface area contributed by atoms with Crippen LogP contribution < -0.4 is 5.32 Å². The van der Waals surface area contributed by atoms with E-state index in [9.17, 15) is 54.6 Å². The molecule has 7 N–H and O–H groups in total. The molecule has 25 nitrogen and oxygen atoms in total. The number of Topliss-reactive ketones (excluding diaryl/α,β-unsaturated/α-hetero) is 1. The lowest BCUT2D eigenvalue weighted by molar-refractivity contribution is -0.346. The van der Waals surface area contributed by atoms with Gasteiger partial charge in [0, 0.05) is 56.8 Å². The Kier molecular flexibility index (Phi) is 19.6. The Labute approximate surface area is 568 Å². The normalized spacial score (nSPS) is 27.2. The van der Waals surface area contributed by atoms with Crippen LogP contribution in [0.1, 0.15) is 147 Å². The summed E-state index contributed by atoms with van der Waals surface area (Å²) in [5.74, 6) is -7.77. The summed E-state index contributed by atoms with van der Waals surface area (Å²) in [4.78, 5) is 106. The molecule has 11 rings (SSSR count). The van der Waals surface area contributed by atoms with Crippen molar-refractivity contribution in [2.45, 2.75) is 180 Å². The number of carbonyl (C=O) groups excluding carboxylic acids is 7. The number of phenols is 2. The highest BCUT2D eigenvalue weighted by Crippen LogP contribution is 2.64. The Morgan fingerprint density at radius 1 is 0.806 bits per heavy atom. The van der Waals surface area contributed by atoms with Crippen LogP contribution in [0.3, 0.4) is 0 Å². The van der Waals surface area contributed by atoms with Crippen LogP contribution in [0, 0.1) is 28.6 Å². The Hall–Kier alpha value is -8.75. The smallest absolute Gasteiger partial charge is 0.408 e. The highest BCUT2D eigenvalue weighted by Gasteiger charge is 2.78. The summed E-state index contributed by atoms with van der Waals surface area (Å²) in [5.41, 5.74) is -6.49. The maximum atomic E-state index is 15.6. The number of rotatable bonds is 16. The third kappa shape index (κ3) is 13.1. The average Bonchev–Trinajstić information content (AvgIpc) is 0.934. The fraction of sp³-hybridized carbons (Fsp3) is 0.521. The Morgan fingerprint density at radius 3 is 2.04 bits per heavy atom. The summed E-state index contributed by atoms with van der Waals surface area (Å²) in [5, 5.41) is 81.6. The number of phenolic OH excluding ortho intramolecular Hbond substituents is 2. The van der Waals surface area contributed by atoms with E-state index in [4.69, 9.17) is 28.4 Å². The second-order valence-corrected chi connectivity index (χ2v) is 29.0. The van der Waals surface area contributed by atoms with Gasteiger partial charge in [0.2, 0.25) is 12.0 Å². The number of ether oxygens (including phenoxy) is 6. The van der Waals surface area contributed by atoms with Crippen molar-refractivity contribution < 1.29 is 92.6 Å². The lowest BCUT2D eigenvalue weighted by Crippen LogP contribution is -2.81. The Balaban J connectivity index is 0.819. The van der Waals surface area contributed by atoms with E-state index < -0.39 is 124 Å². The summed E-state index contributed by atoms with van der Waals surface area (Å²) in [7, 11) is 0. The fourth-order valence-electron chi connectivity index (χ4n) is 15.7. The van der Waals surface area contributed by atoms with Crippen LogP contribution in [-0.4, -0.2) is 183 Å². The van der Waals surface area contributed by atoms with Gasteiger partial charge in [0.05, 0.1) is 46.8 Å². The highest BCUT2D eigenvalue weighted by atomic mass is 16.6.